The number of carbonyl (C=O) groups excluding carboxylic acids is 2. The van der Waals surface area contributed by atoms with E-state index in [-0.39, 0.29) is 18.4 Å². The first-order valence-corrected chi connectivity index (χ1v) is 12.7. The molecule has 1 fully saturated rings. The van der Waals surface area contributed by atoms with Crippen LogP contribution in [-0.4, -0.2) is 58.9 Å². The number of carbonyl (C=O) groups is 2. The summed E-state index contributed by atoms with van der Waals surface area (Å²) in [6, 6.07) is 1.70. The number of nitriles is 1. The Morgan fingerprint density at radius 1 is 1.23 bits per heavy atom. The molecule has 2 heterocycles. The summed E-state index contributed by atoms with van der Waals surface area (Å²) in [6.45, 7) is 8.60. The van der Waals surface area contributed by atoms with Crippen LogP contribution in [0.25, 0.3) is 0 Å². The summed E-state index contributed by atoms with van der Waals surface area (Å²) in [5.41, 5.74) is 2.83. The maximum absolute atomic E-state index is 13.2. The minimum Gasteiger partial charge on any atom is -0.498 e. The summed E-state index contributed by atoms with van der Waals surface area (Å²) >= 11 is 6.27. The minimum atomic E-state index is -0.961. The molecule has 0 aromatic heterocycles. The average Bonchev–Trinajstić information content (AvgIpc) is 3.01. The Labute approximate surface area is 212 Å². The molecule has 0 spiro atoms. The Balaban J connectivity index is 1.34. The Morgan fingerprint density at radius 2 is 2.03 bits per heavy atom. The Bertz CT molecular complexity index is 1090. The van der Waals surface area contributed by atoms with Crippen molar-refractivity contribution in [3.05, 3.63) is 58.6 Å². The molecule has 0 bridgehead atoms. The lowest BCUT2D eigenvalue weighted by Gasteiger charge is -2.28. The number of hydrogen-bond donors (Lipinski definition) is 1. The largest absolute Gasteiger partial charge is 0.498 e. The van der Waals surface area contributed by atoms with E-state index in [1.54, 1.807) is 30.9 Å². The summed E-state index contributed by atoms with van der Waals surface area (Å²) in [4.78, 5) is 29.1. The number of allylic oxidation sites excluding steroid dienone is 8. The molecule has 0 radical (unpaired) electrons. The van der Waals surface area contributed by atoms with Crippen molar-refractivity contribution < 1.29 is 14.3 Å². The van der Waals surface area contributed by atoms with E-state index in [9.17, 15) is 9.59 Å². The highest BCUT2D eigenvalue weighted by Gasteiger charge is 2.52. The molecular formula is C27H33ClN4O3. The van der Waals surface area contributed by atoms with Crippen LogP contribution in [0.1, 0.15) is 46.5 Å². The van der Waals surface area contributed by atoms with Gasteiger partial charge >= 0.3 is 6.03 Å². The van der Waals surface area contributed by atoms with Gasteiger partial charge in [0.2, 0.25) is 0 Å². The molecular weight excluding hydrogens is 464 g/mol. The smallest absolute Gasteiger partial charge is 0.332 e. The summed E-state index contributed by atoms with van der Waals surface area (Å²) in [5.74, 6) is 1.09. The maximum Gasteiger partial charge on any atom is 0.332 e. The van der Waals surface area contributed by atoms with Crippen molar-refractivity contribution in [2.24, 2.45) is 5.92 Å². The van der Waals surface area contributed by atoms with E-state index >= 15 is 0 Å². The number of halogens is 1. The molecule has 1 N–H and O–H groups in total. The lowest BCUT2D eigenvalue weighted by Crippen LogP contribution is -2.44. The Morgan fingerprint density at radius 3 is 2.69 bits per heavy atom. The number of rotatable bonds is 7. The molecule has 7 nitrogen and oxygen atoms in total. The van der Waals surface area contributed by atoms with Crippen molar-refractivity contribution in [3.8, 4) is 6.07 Å². The van der Waals surface area contributed by atoms with Crippen LogP contribution in [0.2, 0.25) is 0 Å². The molecule has 2 unspecified atom stereocenters. The number of imide groups is 1. The van der Waals surface area contributed by atoms with E-state index in [1.807, 2.05) is 0 Å². The summed E-state index contributed by atoms with van der Waals surface area (Å²) in [5, 5.41) is 11.9. The SMILES string of the molecule is CC1CC(OCCCN2C(=O)N(C3=CC=C(C#N)C(Cl)C3)C(=O)C2(C)C)=CC=C1C1=CCNCC1. The fourth-order valence-electron chi connectivity index (χ4n) is 5.06. The lowest BCUT2D eigenvalue weighted by atomic mass is 9.85. The molecule has 8 heteroatoms. The van der Waals surface area contributed by atoms with Gasteiger partial charge in [0.25, 0.3) is 5.91 Å². The second-order valence-corrected chi connectivity index (χ2v) is 10.5. The topological polar surface area (TPSA) is 85.7 Å². The maximum atomic E-state index is 13.2. The summed E-state index contributed by atoms with van der Waals surface area (Å²) in [7, 11) is 0. The summed E-state index contributed by atoms with van der Waals surface area (Å²) < 4.78 is 6.04. The van der Waals surface area contributed by atoms with Crippen LogP contribution in [0.5, 0.6) is 0 Å². The van der Waals surface area contributed by atoms with Gasteiger partial charge in [-0.2, -0.15) is 5.26 Å². The highest BCUT2D eigenvalue weighted by atomic mass is 35.5. The highest BCUT2D eigenvalue weighted by molar-refractivity contribution is 6.23. The number of hydrogen-bond acceptors (Lipinski definition) is 5. The third kappa shape index (κ3) is 5.10. The van der Waals surface area contributed by atoms with Crippen LogP contribution in [0, 0.1) is 17.2 Å². The molecule has 2 aliphatic carbocycles. The number of nitrogens with zero attached hydrogens (tertiary/aromatic N) is 3. The minimum absolute atomic E-state index is 0.265. The molecule has 0 aromatic carbocycles. The van der Waals surface area contributed by atoms with Gasteiger partial charge in [0, 0.05) is 37.2 Å². The zero-order valence-electron chi connectivity index (χ0n) is 20.6. The quantitative estimate of drug-likeness (QED) is 0.317. The van der Waals surface area contributed by atoms with Crippen molar-refractivity contribution in [1.29, 1.82) is 5.26 Å². The predicted molar refractivity (Wildman–Crippen MR) is 135 cm³/mol. The van der Waals surface area contributed by atoms with E-state index in [0.29, 0.717) is 36.8 Å². The fraction of sp³-hybridized carbons (Fsp3) is 0.519. The molecule has 0 aromatic rings. The van der Waals surface area contributed by atoms with Crippen molar-refractivity contribution in [3.63, 3.8) is 0 Å². The van der Waals surface area contributed by atoms with Gasteiger partial charge < -0.3 is 15.0 Å². The zero-order valence-corrected chi connectivity index (χ0v) is 21.4. The van der Waals surface area contributed by atoms with Crippen molar-refractivity contribution in [2.45, 2.75) is 57.4 Å². The molecule has 2 atom stereocenters. The first-order chi connectivity index (χ1) is 16.7. The molecule has 2 aliphatic heterocycles. The van der Waals surface area contributed by atoms with E-state index in [2.05, 4.69) is 36.5 Å². The van der Waals surface area contributed by atoms with Gasteiger partial charge in [-0.05, 0) is 68.5 Å². The normalized spacial score (nSPS) is 26.4. The van der Waals surface area contributed by atoms with Gasteiger partial charge in [-0.1, -0.05) is 19.1 Å². The second-order valence-electron chi connectivity index (χ2n) is 9.94. The van der Waals surface area contributed by atoms with Gasteiger partial charge in [0.1, 0.15) is 5.54 Å². The number of urea groups is 1. The van der Waals surface area contributed by atoms with Gasteiger partial charge in [0.05, 0.1) is 23.8 Å². The molecule has 4 aliphatic rings. The first kappa shape index (κ1) is 25.3. The van der Waals surface area contributed by atoms with E-state index < -0.39 is 10.9 Å². The van der Waals surface area contributed by atoms with Crippen LogP contribution in [-0.2, 0) is 9.53 Å². The van der Waals surface area contributed by atoms with Gasteiger partial charge in [-0.3, -0.25) is 4.79 Å². The Hall–Kier alpha value is -2.82. The van der Waals surface area contributed by atoms with Crippen LogP contribution in [0.4, 0.5) is 4.79 Å². The lowest BCUT2D eigenvalue weighted by molar-refractivity contribution is -0.130. The highest BCUT2D eigenvalue weighted by Crippen LogP contribution is 2.35. The Kier molecular flexibility index (Phi) is 7.53. The third-order valence-corrected chi connectivity index (χ3v) is 7.55. The van der Waals surface area contributed by atoms with Crippen LogP contribution in [0.3, 0.4) is 0 Å². The second kappa shape index (κ2) is 10.4. The summed E-state index contributed by atoms with van der Waals surface area (Å²) in [6.07, 6.45) is 12.6. The van der Waals surface area contributed by atoms with E-state index in [1.165, 1.54) is 16.0 Å². The van der Waals surface area contributed by atoms with Crippen molar-refractivity contribution in [1.82, 2.24) is 15.1 Å². The van der Waals surface area contributed by atoms with Crippen LogP contribution >= 0.6 is 11.6 Å². The predicted octanol–water partition coefficient (Wildman–Crippen LogP) is 4.55. The van der Waals surface area contributed by atoms with Gasteiger partial charge in [-0.15, -0.1) is 11.6 Å². The van der Waals surface area contributed by atoms with E-state index in [0.717, 1.165) is 31.7 Å². The monoisotopic (exact) mass is 496 g/mol. The number of nitrogens with one attached hydrogen (secondary N) is 1. The molecule has 3 amide bonds. The number of ether oxygens (including phenoxy) is 1. The van der Waals surface area contributed by atoms with Crippen molar-refractivity contribution >= 4 is 23.5 Å². The molecule has 35 heavy (non-hydrogen) atoms. The third-order valence-electron chi connectivity index (χ3n) is 7.16. The van der Waals surface area contributed by atoms with Crippen LogP contribution in [0.15, 0.2) is 58.6 Å². The standard InChI is InChI=1S/C27H33ClN4O3/c1-18-15-22(7-8-23(18)19-9-11-30-12-10-19)35-14-4-13-31-26(34)32(25(33)27(31,2)3)21-6-5-20(17-29)24(28)16-21/h5-9,18,24,30H,4,10-16H2,1-3H3. The van der Waals surface area contributed by atoms with Gasteiger partial charge in [-0.25, -0.2) is 9.69 Å². The molecule has 1 saturated heterocycles. The zero-order chi connectivity index (χ0) is 25.2. The molecule has 4 rings (SSSR count). The van der Waals surface area contributed by atoms with E-state index in [4.69, 9.17) is 21.6 Å². The fourth-order valence-corrected chi connectivity index (χ4v) is 5.34. The first-order valence-electron chi connectivity index (χ1n) is 12.3. The number of amides is 3. The van der Waals surface area contributed by atoms with Crippen LogP contribution < -0.4 is 5.32 Å². The average molecular weight is 497 g/mol. The van der Waals surface area contributed by atoms with Gasteiger partial charge in [0.15, 0.2) is 0 Å². The molecule has 186 valence electrons. The number of alkyl halides is 1. The van der Waals surface area contributed by atoms with Crippen molar-refractivity contribution in [2.75, 3.05) is 26.2 Å². The molecule has 0 saturated carbocycles.